The molecule has 0 radical (unpaired) electrons. The van der Waals surface area contributed by atoms with Gasteiger partial charge >= 0.3 is 0 Å². The summed E-state index contributed by atoms with van der Waals surface area (Å²) < 4.78 is 5.79. The van der Waals surface area contributed by atoms with Crippen molar-refractivity contribution in [2.24, 2.45) is 5.73 Å². The molecule has 3 aliphatic rings. The van der Waals surface area contributed by atoms with Gasteiger partial charge in [0.15, 0.2) is 0 Å². The molecule has 1 aromatic rings. The maximum absolute atomic E-state index is 11.5. The first-order valence-electron chi connectivity index (χ1n) is 8.07. The van der Waals surface area contributed by atoms with Crippen LogP contribution in [0.4, 0.5) is 0 Å². The lowest BCUT2D eigenvalue weighted by Crippen LogP contribution is -2.59. The minimum Gasteiger partial charge on any atom is -0.493 e. The van der Waals surface area contributed by atoms with Crippen molar-refractivity contribution in [2.45, 2.75) is 42.7 Å². The maximum Gasteiger partial charge on any atom is 0.123 e. The topological polar surface area (TPSA) is 58.7 Å². The fraction of sp³-hybridized carbons (Fsp3) is 0.647. The monoisotopic (exact) mass is 288 g/mol. The Hall–Kier alpha value is -1.10. The molecule has 3 N–H and O–H groups in total. The van der Waals surface area contributed by atoms with Crippen LogP contribution in [0, 0.1) is 0 Å². The van der Waals surface area contributed by atoms with Crippen molar-refractivity contribution in [2.75, 3.05) is 26.2 Å². The van der Waals surface area contributed by atoms with Crippen LogP contribution < -0.4 is 10.5 Å². The minimum absolute atomic E-state index is 0.370. The molecule has 1 saturated carbocycles. The van der Waals surface area contributed by atoms with E-state index >= 15 is 0 Å². The predicted octanol–water partition coefficient (Wildman–Crippen LogP) is 1.26. The van der Waals surface area contributed by atoms with Gasteiger partial charge in [-0.15, -0.1) is 0 Å². The molecule has 21 heavy (non-hydrogen) atoms. The SMILES string of the molecule is NCC1(C2(O)CCN(C3CC3)C2)CCOc2ccccc21. The molecule has 1 aliphatic carbocycles. The first kappa shape index (κ1) is 13.6. The molecule has 2 aliphatic heterocycles. The third-order valence-corrected chi connectivity index (χ3v) is 5.77. The molecular formula is C17H24N2O2. The van der Waals surface area contributed by atoms with Gasteiger partial charge in [0.05, 0.1) is 12.2 Å². The van der Waals surface area contributed by atoms with Gasteiger partial charge in [0, 0.05) is 36.7 Å². The number of fused-ring (bicyclic) bond motifs is 1. The molecule has 0 spiro atoms. The zero-order valence-corrected chi connectivity index (χ0v) is 12.4. The zero-order valence-electron chi connectivity index (χ0n) is 12.4. The number of aliphatic hydroxyl groups is 1. The molecule has 4 heteroatoms. The minimum atomic E-state index is -0.732. The van der Waals surface area contributed by atoms with Crippen molar-refractivity contribution < 1.29 is 9.84 Å². The molecule has 0 bridgehead atoms. The third kappa shape index (κ3) is 1.93. The Kier molecular flexibility index (Phi) is 3.03. The van der Waals surface area contributed by atoms with Crippen molar-refractivity contribution in [1.29, 1.82) is 0 Å². The number of rotatable bonds is 3. The van der Waals surface area contributed by atoms with Crippen molar-refractivity contribution in [1.82, 2.24) is 4.90 Å². The Morgan fingerprint density at radius 3 is 2.86 bits per heavy atom. The van der Waals surface area contributed by atoms with Gasteiger partial charge in [-0.1, -0.05) is 18.2 Å². The predicted molar refractivity (Wildman–Crippen MR) is 81.4 cm³/mol. The van der Waals surface area contributed by atoms with E-state index in [1.54, 1.807) is 0 Å². The van der Waals surface area contributed by atoms with Crippen molar-refractivity contribution in [3.63, 3.8) is 0 Å². The lowest BCUT2D eigenvalue weighted by molar-refractivity contribution is -0.0445. The van der Waals surface area contributed by atoms with Crippen LogP contribution in [0.1, 0.15) is 31.2 Å². The van der Waals surface area contributed by atoms with Gasteiger partial charge in [-0.3, -0.25) is 4.90 Å². The molecular weight excluding hydrogens is 264 g/mol. The van der Waals surface area contributed by atoms with Gasteiger partial charge in [-0.2, -0.15) is 0 Å². The van der Waals surface area contributed by atoms with Crippen LogP contribution in [0.15, 0.2) is 24.3 Å². The fourth-order valence-electron chi connectivity index (χ4n) is 4.31. The van der Waals surface area contributed by atoms with E-state index in [1.807, 2.05) is 18.2 Å². The molecule has 2 unspecified atom stereocenters. The standard InChI is InChI=1S/C17H24N2O2/c18-11-16(8-10-21-15-4-2-1-3-14(15)16)17(20)7-9-19(12-17)13-5-6-13/h1-4,13,20H,5-12,18H2. The molecule has 2 atom stereocenters. The summed E-state index contributed by atoms with van der Waals surface area (Å²) in [6.45, 7) is 2.86. The summed E-state index contributed by atoms with van der Waals surface area (Å²) >= 11 is 0. The number of hydrogen-bond donors (Lipinski definition) is 2. The highest BCUT2D eigenvalue weighted by molar-refractivity contribution is 5.45. The number of nitrogens with zero attached hydrogens (tertiary/aromatic N) is 1. The largest absolute Gasteiger partial charge is 0.493 e. The van der Waals surface area contributed by atoms with Crippen molar-refractivity contribution in [3.8, 4) is 5.75 Å². The lowest BCUT2D eigenvalue weighted by Gasteiger charge is -2.48. The van der Waals surface area contributed by atoms with E-state index in [-0.39, 0.29) is 5.41 Å². The number of β-amino-alcohol motifs (C(OH)–C–C–N with tert-alkyl or cyclic N) is 1. The second-order valence-corrected chi connectivity index (χ2v) is 6.86. The van der Waals surface area contributed by atoms with Gasteiger partial charge in [-0.25, -0.2) is 0 Å². The van der Waals surface area contributed by atoms with E-state index in [2.05, 4.69) is 11.0 Å². The first-order valence-corrected chi connectivity index (χ1v) is 8.07. The normalized spacial score (nSPS) is 36.3. The van der Waals surface area contributed by atoms with E-state index < -0.39 is 5.60 Å². The average Bonchev–Trinajstić information content (AvgIpc) is 3.29. The Labute approximate surface area is 125 Å². The van der Waals surface area contributed by atoms with E-state index in [0.717, 1.165) is 37.2 Å². The highest BCUT2D eigenvalue weighted by atomic mass is 16.5. The molecule has 2 heterocycles. The molecule has 1 saturated heterocycles. The summed E-state index contributed by atoms with van der Waals surface area (Å²) in [5.41, 5.74) is 6.22. The number of nitrogens with two attached hydrogens (primary N) is 1. The molecule has 0 aromatic heterocycles. The quantitative estimate of drug-likeness (QED) is 0.879. The zero-order chi connectivity index (χ0) is 14.5. The molecule has 0 amide bonds. The van der Waals surface area contributed by atoms with Crippen LogP contribution in [0.25, 0.3) is 0 Å². The number of para-hydroxylation sites is 1. The van der Waals surface area contributed by atoms with Crippen molar-refractivity contribution in [3.05, 3.63) is 29.8 Å². The molecule has 1 aromatic carbocycles. The van der Waals surface area contributed by atoms with Crippen LogP contribution in [0.2, 0.25) is 0 Å². The van der Waals surface area contributed by atoms with E-state index in [9.17, 15) is 5.11 Å². The molecule has 114 valence electrons. The molecule has 2 fully saturated rings. The highest BCUT2D eigenvalue weighted by Crippen LogP contribution is 2.49. The number of hydrogen-bond acceptors (Lipinski definition) is 4. The van der Waals surface area contributed by atoms with Crippen LogP contribution in [0.3, 0.4) is 0 Å². The Balaban J connectivity index is 1.74. The highest BCUT2D eigenvalue weighted by Gasteiger charge is 2.57. The Morgan fingerprint density at radius 1 is 1.29 bits per heavy atom. The number of ether oxygens (including phenoxy) is 1. The summed E-state index contributed by atoms with van der Waals surface area (Å²) in [7, 11) is 0. The van der Waals surface area contributed by atoms with Crippen LogP contribution in [-0.2, 0) is 5.41 Å². The first-order chi connectivity index (χ1) is 10.2. The lowest BCUT2D eigenvalue weighted by atomic mass is 9.63. The number of likely N-dealkylation sites (tertiary alicyclic amines) is 1. The second-order valence-electron chi connectivity index (χ2n) is 6.86. The van der Waals surface area contributed by atoms with E-state index in [4.69, 9.17) is 10.5 Å². The van der Waals surface area contributed by atoms with Gasteiger partial charge in [0.25, 0.3) is 0 Å². The van der Waals surface area contributed by atoms with Crippen LogP contribution >= 0.6 is 0 Å². The van der Waals surface area contributed by atoms with Gasteiger partial charge in [0.2, 0.25) is 0 Å². The summed E-state index contributed by atoms with van der Waals surface area (Å²) in [6, 6.07) is 8.79. The van der Waals surface area contributed by atoms with Crippen LogP contribution in [-0.4, -0.2) is 47.9 Å². The average molecular weight is 288 g/mol. The fourth-order valence-corrected chi connectivity index (χ4v) is 4.31. The smallest absolute Gasteiger partial charge is 0.123 e. The summed E-state index contributed by atoms with van der Waals surface area (Å²) in [5.74, 6) is 0.896. The van der Waals surface area contributed by atoms with Gasteiger partial charge in [-0.05, 0) is 31.7 Å². The summed E-state index contributed by atoms with van der Waals surface area (Å²) in [4.78, 5) is 2.45. The summed E-state index contributed by atoms with van der Waals surface area (Å²) in [6.07, 6.45) is 4.18. The number of benzene rings is 1. The maximum atomic E-state index is 11.5. The van der Waals surface area contributed by atoms with Crippen LogP contribution in [0.5, 0.6) is 5.75 Å². The van der Waals surface area contributed by atoms with Gasteiger partial charge in [0.1, 0.15) is 5.75 Å². The Bertz CT molecular complexity index is 545. The van der Waals surface area contributed by atoms with Gasteiger partial charge < -0.3 is 15.6 Å². The Morgan fingerprint density at radius 2 is 2.10 bits per heavy atom. The van der Waals surface area contributed by atoms with E-state index in [1.165, 1.54) is 12.8 Å². The van der Waals surface area contributed by atoms with E-state index in [0.29, 0.717) is 19.2 Å². The molecule has 4 rings (SSSR count). The molecule has 4 nitrogen and oxygen atoms in total. The second kappa shape index (κ2) is 4.70. The van der Waals surface area contributed by atoms with Crippen molar-refractivity contribution >= 4 is 0 Å². The third-order valence-electron chi connectivity index (χ3n) is 5.77. The summed E-state index contributed by atoms with van der Waals surface area (Å²) in [5, 5.41) is 11.5.